The van der Waals surface area contributed by atoms with E-state index in [0.717, 1.165) is 49.2 Å². The Morgan fingerprint density at radius 1 is 1.29 bits per heavy atom. The van der Waals surface area contributed by atoms with Gasteiger partial charge in [-0.25, -0.2) is 0 Å². The Kier molecular flexibility index (Phi) is 6.51. The number of benzene rings is 1. The van der Waals surface area contributed by atoms with Gasteiger partial charge in [0.1, 0.15) is 5.75 Å². The van der Waals surface area contributed by atoms with Gasteiger partial charge >= 0.3 is 0 Å². The van der Waals surface area contributed by atoms with Gasteiger partial charge in [0.05, 0.1) is 19.3 Å². The first-order chi connectivity index (χ1) is 10.2. The van der Waals surface area contributed by atoms with Crippen molar-refractivity contribution in [3.05, 3.63) is 29.8 Å². The maximum Gasteiger partial charge on any atom is 0.253 e. The second kappa shape index (κ2) is 8.39. The Labute approximate surface area is 134 Å². The van der Waals surface area contributed by atoms with Crippen molar-refractivity contribution in [2.45, 2.75) is 25.9 Å². The SMILES string of the molecule is CCOc1ccc(C(=O)N2CCC(OCCBr)CC2)cc1. The summed E-state index contributed by atoms with van der Waals surface area (Å²) in [6.07, 6.45) is 2.11. The monoisotopic (exact) mass is 355 g/mol. The molecule has 0 aliphatic carbocycles. The van der Waals surface area contributed by atoms with Crippen LogP contribution in [0.1, 0.15) is 30.1 Å². The molecule has 0 saturated carbocycles. The van der Waals surface area contributed by atoms with Gasteiger partial charge < -0.3 is 14.4 Å². The molecule has 1 fully saturated rings. The molecule has 4 nitrogen and oxygen atoms in total. The molecule has 1 aliphatic heterocycles. The van der Waals surface area contributed by atoms with E-state index in [1.54, 1.807) is 0 Å². The van der Waals surface area contributed by atoms with E-state index in [1.807, 2.05) is 36.1 Å². The number of nitrogens with zero attached hydrogens (tertiary/aromatic N) is 1. The highest BCUT2D eigenvalue weighted by Crippen LogP contribution is 2.18. The molecule has 1 aliphatic rings. The van der Waals surface area contributed by atoms with Gasteiger partial charge in [0.15, 0.2) is 0 Å². The van der Waals surface area contributed by atoms with Crippen LogP contribution in [-0.4, -0.2) is 48.5 Å². The van der Waals surface area contributed by atoms with Crippen LogP contribution < -0.4 is 4.74 Å². The second-order valence-electron chi connectivity index (χ2n) is 5.01. The number of piperidine rings is 1. The summed E-state index contributed by atoms with van der Waals surface area (Å²) in [4.78, 5) is 14.3. The first-order valence-electron chi connectivity index (χ1n) is 7.44. The van der Waals surface area contributed by atoms with Crippen LogP contribution in [0.15, 0.2) is 24.3 Å². The Morgan fingerprint density at radius 2 is 1.95 bits per heavy atom. The molecule has 2 rings (SSSR count). The van der Waals surface area contributed by atoms with E-state index in [-0.39, 0.29) is 12.0 Å². The van der Waals surface area contributed by atoms with Crippen LogP contribution in [0, 0.1) is 0 Å². The molecule has 1 amide bonds. The third-order valence-electron chi connectivity index (χ3n) is 3.57. The number of ether oxygens (including phenoxy) is 2. The van der Waals surface area contributed by atoms with Crippen LogP contribution in [0.4, 0.5) is 0 Å². The number of carbonyl (C=O) groups is 1. The molecule has 0 N–H and O–H groups in total. The summed E-state index contributed by atoms with van der Waals surface area (Å²) in [5.74, 6) is 0.896. The van der Waals surface area contributed by atoms with Crippen molar-refractivity contribution in [2.75, 3.05) is 31.6 Å². The number of hydrogen-bond acceptors (Lipinski definition) is 3. The summed E-state index contributed by atoms with van der Waals surface area (Å²) >= 11 is 3.36. The molecule has 1 aromatic rings. The molecule has 5 heteroatoms. The maximum atomic E-state index is 12.4. The topological polar surface area (TPSA) is 38.8 Å². The number of alkyl halides is 1. The molecule has 0 unspecified atom stereocenters. The fourth-order valence-electron chi connectivity index (χ4n) is 2.48. The quantitative estimate of drug-likeness (QED) is 0.736. The number of carbonyl (C=O) groups excluding carboxylic acids is 1. The molecule has 0 aromatic heterocycles. The zero-order valence-electron chi connectivity index (χ0n) is 12.4. The first-order valence-corrected chi connectivity index (χ1v) is 8.56. The van der Waals surface area contributed by atoms with Gasteiger partial charge in [-0.2, -0.15) is 0 Å². The van der Waals surface area contributed by atoms with E-state index in [2.05, 4.69) is 15.9 Å². The average molecular weight is 356 g/mol. The van der Waals surface area contributed by atoms with Crippen molar-refractivity contribution in [3.63, 3.8) is 0 Å². The second-order valence-corrected chi connectivity index (χ2v) is 5.80. The van der Waals surface area contributed by atoms with Crippen LogP contribution in [-0.2, 0) is 4.74 Å². The molecular weight excluding hydrogens is 334 g/mol. The lowest BCUT2D eigenvalue weighted by atomic mass is 10.1. The standard InChI is InChI=1S/C16H22BrNO3/c1-2-20-14-5-3-13(4-6-14)16(19)18-10-7-15(8-11-18)21-12-9-17/h3-6,15H,2,7-12H2,1H3. The van der Waals surface area contributed by atoms with Gasteiger partial charge in [0, 0.05) is 24.0 Å². The summed E-state index contributed by atoms with van der Waals surface area (Å²) in [5, 5.41) is 0.859. The lowest BCUT2D eigenvalue weighted by molar-refractivity contribution is 0.0160. The molecule has 1 heterocycles. The largest absolute Gasteiger partial charge is 0.494 e. The Morgan fingerprint density at radius 3 is 2.52 bits per heavy atom. The zero-order valence-corrected chi connectivity index (χ0v) is 14.0. The van der Waals surface area contributed by atoms with Crippen LogP contribution in [0.2, 0.25) is 0 Å². The summed E-state index contributed by atoms with van der Waals surface area (Å²) in [6, 6.07) is 7.37. The third-order valence-corrected chi connectivity index (χ3v) is 3.90. The Hall–Kier alpha value is -1.07. The van der Waals surface area contributed by atoms with E-state index < -0.39 is 0 Å². The molecule has 1 saturated heterocycles. The minimum Gasteiger partial charge on any atom is -0.494 e. The third kappa shape index (κ3) is 4.71. The van der Waals surface area contributed by atoms with E-state index in [1.165, 1.54) is 0 Å². The Bertz CT molecular complexity index is 441. The molecule has 21 heavy (non-hydrogen) atoms. The van der Waals surface area contributed by atoms with Crippen LogP contribution >= 0.6 is 15.9 Å². The summed E-state index contributed by atoms with van der Waals surface area (Å²) < 4.78 is 11.1. The predicted molar refractivity (Wildman–Crippen MR) is 86.3 cm³/mol. The van der Waals surface area contributed by atoms with Crippen molar-refractivity contribution >= 4 is 21.8 Å². The van der Waals surface area contributed by atoms with Crippen LogP contribution in [0.25, 0.3) is 0 Å². The normalized spacial score (nSPS) is 16.0. The average Bonchev–Trinajstić information content (AvgIpc) is 2.54. The smallest absolute Gasteiger partial charge is 0.253 e. The highest BCUT2D eigenvalue weighted by atomic mass is 79.9. The lowest BCUT2D eigenvalue weighted by Gasteiger charge is -2.32. The molecular formula is C16H22BrNO3. The molecule has 0 spiro atoms. The minimum atomic E-state index is 0.0944. The number of halogens is 1. The Balaban J connectivity index is 1.86. The molecule has 116 valence electrons. The summed E-state index contributed by atoms with van der Waals surface area (Å²) in [5.41, 5.74) is 0.721. The van der Waals surface area contributed by atoms with E-state index in [4.69, 9.17) is 9.47 Å². The fourth-order valence-corrected chi connectivity index (χ4v) is 2.67. The minimum absolute atomic E-state index is 0.0944. The van der Waals surface area contributed by atoms with Crippen molar-refractivity contribution in [1.29, 1.82) is 0 Å². The van der Waals surface area contributed by atoms with E-state index in [0.29, 0.717) is 6.61 Å². The van der Waals surface area contributed by atoms with E-state index in [9.17, 15) is 4.79 Å². The van der Waals surface area contributed by atoms with Gasteiger partial charge in [0.25, 0.3) is 5.91 Å². The fraction of sp³-hybridized carbons (Fsp3) is 0.562. The van der Waals surface area contributed by atoms with Gasteiger partial charge in [0.2, 0.25) is 0 Å². The molecule has 0 atom stereocenters. The molecule has 0 radical (unpaired) electrons. The highest BCUT2D eigenvalue weighted by molar-refractivity contribution is 9.09. The number of amides is 1. The number of likely N-dealkylation sites (tertiary alicyclic amines) is 1. The van der Waals surface area contributed by atoms with Crippen molar-refractivity contribution < 1.29 is 14.3 Å². The highest BCUT2D eigenvalue weighted by Gasteiger charge is 2.23. The van der Waals surface area contributed by atoms with Gasteiger partial charge in [-0.05, 0) is 44.0 Å². The van der Waals surface area contributed by atoms with Gasteiger partial charge in [-0.1, -0.05) is 15.9 Å². The van der Waals surface area contributed by atoms with Gasteiger partial charge in [-0.3, -0.25) is 4.79 Å². The van der Waals surface area contributed by atoms with Crippen molar-refractivity contribution in [2.24, 2.45) is 0 Å². The molecule has 1 aromatic carbocycles. The van der Waals surface area contributed by atoms with E-state index >= 15 is 0 Å². The zero-order chi connectivity index (χ0) is 15.1. The first kappa shape index (κ1) is 16.3. The summed E-state index contributed by atoms with van der Waals surface area (Å²) in [6.45, 7) is 4.84. The predicted octanol–water partition coefficient (Wildman–Crippen LogP) is 3.10. The number of rotatable bonds is 6. The maximum absolute atomic E-state index is 12.4. The molecule has 0 bridgehead atoms. The van der Waals surface area contributed by atoms with Crippen molar-refractivity contribution in [1.82, 2.24) is 4.90 Å². The lowest BCUT2D eigenvalue weighted by Crippen LogP contribution is -2.41. The summed E-state index contributed by atoms with van der Waals surface area (Å²) in [7, 11) is 0. The number of hydrogen-bond donors (Lipinski definition) is 0. The van der Waals surface area contributed by atoms with Crippen molar-refractivity contribution in [3.8, 4) is 5.75 Å². The van der Waals surface area contributed by atoms with Gasteiger partial charge in [-0.15, -0.1) is 0 Å². The van der Waals surface area contributed by atoms with Crippen LogP contribution in [0.3, 0.4) is 0 Å². The van der Waals surface area contributed by atoms with Crippen LogP contribution in [0.5, 0.6) is 5.75 Å².